The van der Waals surface area contributed by atoms with Crippen molar-refractivity contribution in [2.24, 2.45) is 11.3 Å². The molecule has 2 aromatic carbocycles. The first kappa shape index (κ1) is 27.4. The molecule has 4 aromatic rings. The van der Waals surface area contributed by atoms with E-state index in [0.717, 1.165) is 65.8 Å². The lowest BCUT2D eigenvalue weighted by molar-refractivity contribution is -0.133. The molecule has 0 radical (unpaired) electrons. The second-order valence-electron chi connectivity index (χ2n) is 13.1. The Hall–Kier alpha value is -4.47. The minimum Gasteiger partial charge on any atom is -0.465 e. The highest BCUT2D eigenvalue weighted by molar-refractivity contribution is 5.86. The van der Waals surface area contributed by atoms with Gasteiger partial charge in [-0.2, -0.15) is 4.98 Å². The maximum atomic E-state index is 12.7. The van der Waals surface area contributed by atoms with Gasteiger partial charge in [-0.25, -0.2) is 14.8 Å². The van der Waals surface area contributed by atoms with Crippen molar-refractivity contribution in [2.75, 3.05) is 18.4 Å². The standard InChI is InChI=1S/C33H37N7O3/c1-33(2,3)28-27-25(19-39(28)32(42)43)40(29(37-27)23-13-10-20-7-4-5-8-22(20)17-23)26-14-15-34-31(36-26)35-24-9-6-16-38(18-24)30(41)21-11-12-21/h4-5,7-8,10,13-15,17,21,24,28H,6,9,11-12,16,18-19H2,1-3H3,(H,42,43)(H,34,35,36). The number of nitrogens with one attached hydrogen (secondary N) is 1. The normalized spacial score (nSPS) is 20.3. The average molecular weight is 580 g/mol. The molecule has 43 heavy (non-hydrogen) atoms. The number of anilines is 1. The molecule has 2 unspecified atom stereocenters. The zero-order valence-corrected chi connectivity index (χ0v) is 24.8. The number of hydrogen-bond donors (Lipinski definition) is 2. The van der Waals surface area contributed by atoms with Crippen LogP contribution in [0.15, 0.2) is 54.7 Å². The van der Waals surface area contributed by atoms with E-state index in [9.17, 15) is 14.7 Å². The van der Waals surface area contributed by atoms with Crippen LogP contribution in [0.2, 0.25) is 0 Å². The molecule has 2 aliphatic heterocycles. The van der Waals surface area contributed by atoms with Crippen molar-refractivity contribution in [3.05, 3.63) is 66.1 Å². The van der Waals surface area contributed by atoms with Gasteiger partial charge < -0.3 is 15.3 Å². The second-order valence-corrected chi connectivity index (χ2v) is 13.1. The number of amides is 2. The molecule has 2 aromatic heterocycles. The highest BCUT2D eigenvalue weighted by Crippen LogP contribution is 2.46. The van der Waals surface area contributed by atoms with Gasteiger partial charge in [-0.3, -0.25) is 14.3 Å². The lowest BCUT2D eigenvalue weighted by Crippen LogP contribution is -2.45. The number of hydrogen-bond acceptors (Lipinski definition) is 6. The van der Waals surface area contributed by atoms with Crippen LogP contribution in [0.3, 0.4) is 0 Å². The van der Waals surface area contributed by atoms with Gasteiger partial charge in [0.1, 0.15) is 11.6 Å². The summed E-state index contributed by atoms with van der Waals surface area (Å²) in [4.78, 5) is 43.2. The molecule has 10 nitrogen and oxygen atoms in total. The van der Waals surface area contributed by atoms with Gasteiger partial charge in [0.2, 0.25) is 11.9 Å². The number of rotatable bonds is 5. The minimum absolute atomic E-state index is 0.0629. The predicted octanol–water partition coefficient (Wildman–Crippen LogP) is 5.88. The van der Waals surface area contributed by atoms with Gasteiger partial charge in [-0.1, -0.05) is 57.2 Å². The Morgan fingerprint density at radius 1 is 1.00 bits per heavy atom. The summed E-state index contributed by atoms with van der Waals surface area (Å²) < 4.78 is 2.00. The molecule has 2 N–H and O–H groups in total. The van der Waals surface area contributed by atoms with Crippen LogP contribution in [0.4, 0.5) is 10.7 Å². The Balaban J connectivity index is 1.29. The van der Waals surface area contributed by atoms with E-state index in [-0.39, 0.29) is 29.8 Å². The van der Waals surface area contributed by atoms with Crippen molar-refractivity contribution in [2.45, 2.75) is 65.1 Å². The van der Waals surface area contributed by atoms with Gasteiger partial charge in [-0.15, -0.1) is 0 Å². The third-order valence-corrected chi connectivity index (χ3v) is 8.83. The molecule has 3 aliphatic rings. The van der Waals surface area contributed by atoms with E-state index in [2.05, 4.69) is 40.6 Å². The van der Waals surface area contributed by atoms with Crippen LogP contribution >= 0.6 is 0 Å². The second kappa shape index (κ2) is 10.4. The van der Waals surface area contributed by atoms with E-state index in [1.807, 2.05) is 48.4 Å². The number of carboxylic acid groups (broad SMARTS) is 1. The van der Waals surface area contributed by atoms with Crippen LogP contribution in [0.5, 0.6) is 0 Å². The number of carbonyl (C=O) groups excluding carboxylic acids is 1. The average Bonchev–Trinajstić information content (AvgIpc) is 3.67. The van der Waals surface area contributed by atoms with E-state index in [0.29, 0.717) is 18.3 Å². The van der Waals surface area contributed by atoms with Gasteiger partial charge >= 0.3 is 6.09 Å². The quantitative estimate of drug-likeness (QED) is 0.303. The van der Waals surface area contributed by atoms with Crippen LogP contribution in [-0.2, 0) is 11.3 Å². The number of nitrogens with zero attached hydrogens (tertiary/aromatic N) is 6. The molecule has 0 spiro atoms. The molecule has 1 saturated heterocycles. The smallest absolute Gasteiger partial charge is 0.408 e. The fraction of sp³-hybridized carbons (Fsp3) is 0.424. The molecule has 2 fully saturated rings. The monoisotopic (exact) mass is 579 g/mol. The van der Waals surface area contributed by atoms with Gasteiger partial charge in [0, 0.05) is 36.8 Å². The van der Waals surface area contributed by atoms with Gasteiger partial charge in [0.25, 0.3) is 0 Å². The number of imidazole rings is 1. The molecular formula is C33H37N7O3. The molecule has 2 amide bonds. The van der Waals surface area contributed by atoms with Crippen LogP contribution in [0.25, 0.3) is 28.0 Å². The number of carbonyl (C=O) groups is 2. The van der Waals surface area contributed by atoms with Crippen molar-refractivity contribution in [1.29, 1.82) is 0 Å². The topological polar surface area (TPSA) is 116 Å². The zero-order valence-electron chi connectivity index (χ0n) is 24.8. The third kappa shape index (κ3) is 5.08. The molecule has 222 valence electrons. The minimum atomic E-state index is -0.968. The van der Waals surface area contributed by atoms with Gasteiger partial charge in [-0.05, 0) is 54.0 Å². The van der Waals surface area contributed by atoms with Crippen molar-refractivity contribution in [3.63, 3.8) is 0 Å². The van der Waals surface area contributed by atoms with E-state index >= 15 is 0 Å². The molecule has 2 atom stereocenters. The number of piperidine rings is 1. The van der Waals surface area contributed by atoms with Crippen molar-refractivity contribution in [3.8, 4) is 17.2 Å². The highest BCUT2D eigenvalue weighted by Gasteiger charge is 2.45. The lowest BCUT2D eigenvalue weighted by Gasteiger charge is -2.33. The molecule has 10 heteroatoms. The Labute approximate surface area is 250 Å². The largest absolute Gasteiger partial charge is 0.465 e. The van der Waals surface area contributed by atoms with Crippen molar-refractivity contribution in [1.82, 2.24) is 29.3 Å². The molecule has 4 heterocycles. The summed E-state index contributed by atoms with van der Waals surface area (Å²) in [5.41, 5.74) is 2.13. The van der Waals surface area contributed by atoms with Crippen LogP contribution in [0.1, 0.15) is 63.9 Å². The summed E-state index contributed by atoms with van der Waals surface area (Å²) in [6.07, 6.45) is 4.64. The predicted molar refractivity (Wildman–Crippen MR) is 164 cm³/mol. The third-order valence-electron chi connectivity index (χ3n) is 8.83. The highest BCUT2D eigenvalue weighted by atomic mass is 16.4. The van der Waals surface area contributed by atoms with Crippen LogP contribution < -0.4 is 5.32 Å². The first-order valence-electron chi connectivity index (χ1n) is 15.2. The Morgan fingerprint density at radius 2 is 1.79 bits per heavy atom. The molecule has 0 bridgehead atoms. The SMILES string of the molecule is CC(C)(C)C1c2nc(-c3ccc4ccccc4c3)n(-c3ccnc(NC4CCCN(C(=O)C5CC5)C4)n3)c2CN1C(=O)O. The van der Waals surface area contributed by atoms with Crippen LogP contribution in [0, 0.1) is 11.3 Å². The number of benzene rings is 2. The number of likely N-dealkylation sites (tertiary alicyclic amines) is 1. The summed E-state index contributed by atoms with van der Waals surface area (Å²) in [7, 11) is 0. The van der Waals surface area contributed by atoms with E-state index in [1.165, 1.54) is 4.90 Å². The molecule has 7 rings (SSSR count). The van der Waals surface area contributed by atoms with E-state index in [4.69, 9.17) is 9.97 Å². The molecule has 1 saturated carbocycles. The summed E-state index contributed by atoms with van der Waals surface area (Å²) in [5, 5.41) is 15.9. The zero-order chi connectivity index (χ0) is 29.9. The Morgan fingerprint density at radius 3 is 2.53 bits per heavy atom. The lowest BCUT2D eigenvalue weighted by atomic mass is 9.85. The Kier molecular flexibility index (Phi) is 6.59. The molecule has 1 aliphatic carbocycles. The first-order chi connectivity index (χ1) is 20.7. The summed E-state index contributed by atoms with van der Waals surface area (Å²) in [6.45, 7) is 7.80. The summed E-state index contributed by atoms with van der Waals surface area (Å²) >= 11 is 0. The van der Waals surface area contributed by atoms with Crippen LogP contribution in [-0.4, -0.2) is 65.6 Å². The number of aromatic nitrogens is 4. The fourth-order valence-electron chi connectivity index (χ4n) is 6.68. The first-order valence-corrected chi connectivity index (χ1v) is 15.2. The van der Waals surface area contributed by atoms with Gasteiger partial charge in [0.15, 0.2) is 0 Å². The maximum Gasteiger partial charge on any atom is 0.408 e. The summed E-state index contributed by atoms with van der Waals surface area (Å²) in [6, 6.07) is 16.0. The number of fused-ring (bicyclic) bond motifs is 2. The van der Waals surface area contributed by atoms with Crippen molar-refractivity contribution >= 4 is 28.7 Å². The van der Waals surface area contributed by atoms with Crippen molar-refractivity contribution < 1.29 is 14.7 Å². The Bertz CT molecular complexity index is 1720. The maximum absolute atomic E-state index is 12.7. The van der Waals surface area contributed by atoms with E-state index in [1.54, 1.807) is 6.20 Å². The van der Waals surface area contributed by atoms with Gasteiger partial charge in [0.05, 0.1) is 24.0 Å². The summed E-state index contributed by atoms with van der Waals surface area (Å²) in [5.74, 6) is 2.30. The molecular weight excluding hydrogens is 542 g/mol. The fourth-order valence-corrected chi connectivity index (χ4v) is 6.68. The van der Waals surface area contributed by atoms with E-state index < -0.39 is 12.1 Å².